The maximum Gasteiger partial charge on any atom is 0.335 e. The molecular formula is C18H18N2O3. The van der Waals surface area contributed by atoms with Gasteiger partial charge < -0.3 is 14.9 Å². The number of nitrogens with zero attached hydrogens (tertiary/aromatic N) is 2. The molecule has 0 saturated carbocycles. The van der Waals surface area contributed by atoms with Crippen LogP contribution in [-0.4, -0.2) is 41.0 Å². The third-order valence-electron chi connectivity index (χ3n) is 4.46. The minimum atomic E-state index is -1.01. The molecule has 1 atom stereocenters. The molecule has 1 aliphatic rings. The van der Waals surface area contributed by atoms with Gasteiger partial charge in [0.2, 0.25) is 0 Å². The highest BCUT2D eigenvalue weighted by molar-refractivity contribution is 5.94. The summed E-state index contributed by atoms with van der Waals surface area (Å²) < 4.78 is 0. The molecule has 0 aromatic heterocycles. The van der Waals surface area contributed by atoms with Crippen molar-refractivity contribution >= 4 is 22.8 Å². The summed E-state index contributed by atoms with van der Waals surface area (Å²) in [5, 5.41) is 11.8. The molecule has 1 unspecified atom stereocenters. The normalized spacial score (nSPS) is 18.7. The molecule has 0 bridgehead atoms. The topological polar surface area (TPSA) is 60.9 Å². The van der Waals surface area contributed by atoms with Crippen LogP contribution >= 0.6 is 0 Å². The molecule has 1 N–H and O–H groups in total. The number of hydrogen-bond donors (Lipinski definition) is 1. The van der Waals surface area contributed by atoms with Crippen LogP contribution in [-0.2, 0) is 4.79 Å². The molecule has 2 aromatic rings. The summed E-state index contributed by atoms with van der Waals surface area (Å²) in [5.41, 5.74) is 1.49. The van der Waals surface area contributed by atoms with Crippen molar-refractivity contribution in [2.45, 2.75) is 13.0 Å². The van der Waals surface area contributed by atoms with Crippen LogP contribution in [0.3, 0.4) is 0 Å². The van der Waals surface area contributed by atoms with Crippen LogP contribution in [0, 0.1) is 0 Å². The third-order valence-corrected chi connectivity index (χ3v) is 4.46. The Labute approximate surface area is 134 Å². The molecule has 5 heteroatoms. The van der Waals surface area contributed by atoms with E-state index in [1.54, 1.807) is 21.0 Å². The fraction of sp³-hybridized carbons (Fsp3) is 0.222. The predicted molar refractivity (Wildman–Crippen MR) is 87.9 cm³/mol. The van der Waals surface area contributed by atoms with Crippen LogP contribution in [0.2, 0.25) is 0 Å². The smallest absolute Gasteiger partial charge is 0.335 e. The molecule has 0 saturated heterocycles. The van der Waals surface area contributed by atoms with E-state index in [0.29, 0.717) is 5.70 Å². The molecule has 2 amide bonds. The first-order valence-electron chi connectivity index (χ1n) is 7.35. The number of rotatable bonds is 2. The van der Waals surface area contributed by atoms with E-state index in [1.165, 1.54) is 9.80 Å². The fourth-order valence-electron chi connectivity index (χ4n) is 3.10. The van der Waals surface area contributed by atoms with Crippen molar-refractivity contribution in [3.05, 3.63) is 59.3 Å². The molecule has 1 heterocycles. The zero-order valence-corrected chi connectivity index (χ0v) is 13.3. The Morgan fingerprint density at radius 2 is 1.74 bits per heavy atom. The van der Waals surface area contributed by atoms with E-state index >= 15 is 0 Å². The molecular weight excluding hydrogens is 292 g/mol. The second kappa shape index (κ2) is 5.43. The Bertz CT molecular complexity index is 841. The zero-order valence-electron chi connectivity index (χ0n) is 13.3. The Morgan fingerprint density at radius 1 is 1.09 bits per heavy atom. The molecule has 118 valence electrons. The van der Waals surface area contributed by atoms with E-state index in [0.717, 1.165) is 16.3 Å². The number of carboxylic acid groups (broad SMARTS) is 1. The quantitative estimate of drug-likeness (QED) is 0.926. The molecule has 1 aliphatic heterocycles. The highest BCUT2D eigenvalue weighted by Crippen LogP contribution is 2.36. The van der Waals surface area contributed by atoms with Gasteiger partial charge in [0.25, 0.3) is 0 Å². The van der Waals surface area contributed by atoms with Crippen LogP contribution in [0.25, 0.3) is 10.8 Å². The Hall–Kier alpha value is -2.82. The van der Waals surface area contributed by atoms with Crippen molar-refractivity contribution in [3.63, 3.8) is 0 Å². The predicted octanol–water partition coefficient (Wildman–Crippen LogP) is 3.24. The number of carbonyl (C=O) groups is 2. The van der Waals surface area contributed by atoms with Gasteiger partial charge in [-0.25, -0.2) is 9.59 Å². The van der Waals surface area contributed by atoms with Gasteiger partial charge in [0, 0.05) is 19.8 Å². The van der Waals surface area contributed by atoms with Gasteiger partial charge >= 0.3 is 12.0 Å². The molecule has 3 rings (SSSR count). The number of aliphatic carboxylic acids is 1. The number of benzene rings is 2. The molecule has 0 aliphatic carbocycles. The van der Waals surface area contributed by atoms with E-state index < -0.39 is 12.0 Å². The van der Waals surface area contributed by atoms with Crippen LogP contribution < -0.4 is 0 Å². The van der Waals surface area contributed by atoms with Gasteiger partial charge in [-0.1, -0.05) is 36.4 Å². The lowest BCUT2D eigenvalue weighted by atomic mass is 9.92. The number of carboxylic acids is 1. The summed E-state index contributed by atoms with van der Waals surface area (Å²) in [5.74, 6) is -1.01. The van der Waals surface area contributed by atoms with Crippen LogP contribution in [0.15, 0.2) is 53.7 Å². The van der Waals surface area contributed by atoms with Crippen LogP contribution in [0.5, 0.6) is 0 Å². The Morgan fingerprint density at radius 3 is 2.39 bits per heavy atom. The van der Waals surface area contributed by atoms with Crippen molar-refractivity contribution in [2.75, 3.05) is 14.1 Å². The number of amides is 2. The maximum absolute atomic E-state index is 12.4. The number of allylic oxidation sites excluding steroid dienone is 1. The highest BCUT2D eigenvalue weighted by Gasteiger charge is 2.38. The van der Waals surface area contributed by atoms with Gasteiger partial charge in [-0.3, -0.25) is 0 Å². The third kappa shape index (κ3) is 2.34. The first-order valence-corrected chi connectivity index (χ1v) is 7.35. The van der Waals surface area contributed by atoms with E-state index in [9.17, 15) is 14.7 Å². The Kier molecular flexibility index (Phi) is 3.56. The van der Waals surface area contributed by atoms with Crippen molar-refractivity contribution in [3.8, 4) is 0 Å². The van der Waals surface area contributed by atoms with Crippen molar-refractivity contribution < 1.29 is 14.7 Å². The molecule has 2 aromatic carbocycles. The van der Waals surface area contributed by atoms with Gasteiger partial charge in [0.05, 0.1) is 11.6 Å². The average molecular weight is 310 g/mol. The number of likely N-dealkylation sites (N-methyl/N-ethyl adjacent to an activating group) is 1. The van der Waals surface area contributed by atoms with Gasteiger partial charge in [-0.15, -0.1) is 0 Å². The van der Waals surface area contributed by atoms with Gasteiger partial charge in [0.15, 0.2) is 0 Å². The summed E-state index contributed by atoms with van der Waals surface area (Å²) in [6, 6.07) is 12.9. The van der Waals surface area contributed by atoms with E-state index in [2.05, 4.69) is 0 Å². The van der Waals surface area contributed by atoms with E-state index in [1.807, 2.05) is 42.5 Å². The first-order chi connectivity index (χ1) is 10.9. The molecule has 23 heavy (non-hydrogen) atoms. The number of carbonyl (C=O) groups excluding carboxylic acids is 1. The van der Waals surface area contributed by atoms with E-state index in [4.69, 9.17) is 0 Å². The summed E-state index contributed by atoms with van der Waals surface area (Å²) in [7, 11) is 3.22. The molecule has 0 radical (unpaired) electrons. The summed E-state index contributed by atoms with van der Waals surface area (Å²) >= 11 is 0. The second-order valence-corrected chi connectivity index (χ2v) is 5.77. The van der Waals surface area contributed by atoms with Crippen LogP contribution in [0.4, 0.5) is 4.79 Å². The molecule has 0 fully saturated rings. The van der Waals surface area contributed by atoms with Gasteiger partial charge in [-0.05, 0) is 29.3 Å². The Balaban J connectivity index is 2.20. The minimum Gasteiger partial charge on any atom is -0.478 e. The molecule has 0 spiro atoms. The van der Waals surface area contributed by atoms with Crippen LogP contribution in [0.1, 0.15) is 18.5 Å². The monoisotopic (exact) mass is 310 g/mol. The summed E-state index contributed by atoms with van der Waals surface area (Å²) in [4.78, 5) is 27.0. The lowest BCUT2D eigenvalue weighted by Gasteiger charge is -2.39. The fourth-order valence-corrected chi connectivity index (χ4v) is 3.10. The first kappa shape index (κ1) is 15.1. The zero-order chi connectivity index (χ0) is 16.7. The number of fused-ring (bicyclic) bond motifs is 1. The summed E-state index contributed by atoms with van der Waals surface area (Å²) in [6.07, 6.45) is 0. The second-order valence-electron chi connectivity index (χ2n) is 5.77. The molecule has 5 nitrogen and oxygen atoms in total. The summed E-state index contributed by atoms with van der Waals surface area (Å²) in [6.45, 7) is 1.67. The van der Waals surface area contributed by atoms with Gasteiger partial charge in [-0.2, -0.15) is 0 Å². The number of hydrogen-bond acceptors (Lipinski definition) is 2. The minimum absolute atomic E-state index is 0.217. The van der Waals surface area contributed by atoms with Crippen molar-refractivity contribution in [1.82, 2.24) is 9.80 Å². The number of urea groups is 1. The maximum atomic E-state index is 12.4. The largest absolute Gasteiger partial charge is 0.478 e. The highest BCUT2D eigenvalue weighted by atomic mass is 16.4. The van der Waals surface area contributed by atoms with Crippen molar-refractivity contribution in [2.24, 2.45) is 0 Å². The van der Waals surface area contributed by atoms with E-state index in [-0.39, 0.29) is 11.6 Å². The average Bonchev–Trinajstić information content (AvgIpc) is 2.55. The lowest BCUT2D eigenvalue weighted by Crippen LogP contribution is -2.47. The SMILES string of the molecule is CC1=C(C(=O)O)C(c2ccc3ccccc3c2)N(C)C(=O)N1C. The standard InChI is InChI=1S/C18H18N2O3/c1-11-15(17(21)22)16(20(3)18(23)19(11)2)14-9-8-12-6-4-5-7-13(12)10-14/h4-10,16H,1-3H3,(H,21,22). The van der Waals surface area contributed by atoms with Crippen molar-refractivity contribution in [1.29, 1.82) is 0 Å². The van der Waals surface area contributed by atoms with Gasteiger partial charge in [0.1, 0.15) is 0 Å². The lowest BCUT2D eigenvalue weighted by molar-refractivity contribution is -0.133.